The first-order chi connectivity index (χ1) is 12.9. The lowest BCUT2D eigenvalue weighted by atomic mass is 10.1. The van der Waals surface area contributed by atoms with Gasteiger partial charge in [-0.1, -0.05) is 17.7 Å². The monoisotopic (exact) mass is 371 g/mol. The molecule has 0 saturated carbocycles. The van der Waals surface area contributed by atoms with Crippen molar-refractivity contribution in [2.45, 2.75) is 13.8 Å². The summed E-state index contributed by atoms with van der Waals surface area (Å²) in [6.45, 7) is 4.07. The molecule has 27 heavy (non-hydrogen) atoms. The Bertz CT molecular complexity index is 834. The Labute approximate surface area is 156 Å². The summed E-state index contributed by atoms with van der Waals surface area (Å²) < 4.78 is 5.04. The first-order valence-electron chi connectivity index (χ1n) is 8.36. The Kier molecular flexibility index (Phi) is 6.87. The molecule has 0 aliphatic heterocycles. The fourth-order valence-electron chi connectivity index (χ4n) is 2.33. The molecule has 2 rings (SSSR count). The Balaban J connectivity index is 1.69. The van der Waals surface area contributed by atoms with E-state index in [0.29, 0.717) is 24.3 Å². The summed E-state index contributed by atoms with van der Waals surface area (Å²) in [6.07, 6.45) is 0. The molecule has 1 amide bonds. The molecule has 0 atom stereocenters. The second-order valence-electron chi connectivity index (χ2n) is 5.98. The molecule has 2 N–H and O–H groups in total. The highest BCUT2D eigenvalue weighted by molar-refractivity contribution is 5.92. The van der Waals surface area contributed by atoms with Crippen molar-refractivity contribution in [3.05, 3.63) is 69.3 Å². The zero-order valence-corrected chi connectivity index (χ0v) is 15.2. The fraction of sp³-hybridized carbons (Fsp3) is 0.263. The molecule has 0 spiro atoms. The molecule has 8 nitrogen and oxygen atoms in total. The van der Waals surface area contributed by atoms with Crippen LogP contribution in [0, 0.1) is 24.0 Å². The number of ether oxygens (including phenoxy) is 1. The number of amides is 1. The summed E-state index contributed by atoms with van der Waals surface area (Å²) >= 11 is 0. The zero-order chi connectivity index (χ0) is 19.8. The lowest BCUT2D eigenvalue weighted by molar-refractivity contribution is -0.384. The van der Waals surface area contributed by atoms with E-state index in [1.54, 1.807) is 25.1 Å². The number of hydrogen-bond acceptors (Lipinski definition) is 6. The number of nitrogens with zero attached hydrogens (tertiary/aromatic N) is 1. The summed E-state index contributed by atoms with van der Waals surface area (Å²) in [5, 5.41) is 16.2. The normalized spacial score (nSPS) is 10.1. The molecule has 0 aromatic heterocycles. The molecule has 0 unspecified atom stereocenters. The number of nitro groups is 1. The van der Waals surface area contributed by atoms with Gasteiger partial charge in [-0.2, -0.15) is 0 Å². The number of aryl methyl sites for hydroxylation is 2. The zero-order valence-electron chi connectivity index (χ0n) is 15.2. The quantitative estimate of drug-likeness (QED) is 0.319. The van der Waals surface area contributed by atoms with Crippen LogP contribution in [0.5, 0.6) is 0 Å². The predicted octanol–water partition coefficient (Wildman–Crippen LogP) is 2.60. The molecular weight excluding hydrogens is 350 g/mol. The molecule has 0 fully saturated rings. The average molecular weight is 371 g/mol. The molecule has 2 aromatic carbocycles. The third-order valence-corrected chi connectivity index (χ3v) is 3.80. The molecule has 142 valence electrons. The van der Waals surface area contributed by atoms with Crippen LogP contribution in [-0.4, -0.2) is 36.5 Å². The highest BCUT2D eigenvalue weighted by Crippen LogP contribution is 2.15. The Hall–Kier alpha value is -3.42. The summed E-state index contributed by atoms with van der Waals surface area (Å²) in [5.74, 6) is -0.936. The molecule has 0 saturated heterocycles. The Morgan fingerprint density at radius 1 is 1.07 bits per heavy atom. The number of rotatable bonds is 8. The van der Waals surface area contributed by atoms with E-state index in [2.05, 4.69) is 10.6 Å². The lowest BCUT2D eigenvalue weighted by Gasteiger charge is -2.10. The molecule has 2 aromatic rings. The van der Waals surface area contributed by atoms with Crippen LogP contribution in [0.1, 0.15) is 21.5 Å². The van der Waals surface area contributed by atoms with Crippen molar-refractivity contribution in [1.29, 1.82) is 0 Å². The van der Waals surface area contributed by atoms with Gasteiger partial charge in [0, 0.05) is 30.9 Å². The van der Waals surface area contributed by atoms with Crippen LogP contribution in [0.15, 0.2) is 42.5 Å². The Morgan fingerprint density at radius 3 is 2.44 bits per heavy atom. The van der Waals surface area contributed by atoms with Crippen molar-refractivity contribution in [1.82, 2.24) is 5.32 Å². The third kappa shape index (κ3) is 6.10. The molecule has 8 heteroatoms. The van der Waals surface area contributed by atoms with E-state index >= 15 is 0 Å². The van der Waals surface area contributed by atoms with Gasteiger partial charge in [0.25, 0.3) is 11.6 Å². The van der Waals surface area contributed by atoms with Crippen LogP contribution >= 0.6 is 0 Å². The minimum atomic E-state index is -0.532. The van der Waals surface area contributed by atoms with Gasteiger partial charge < -0.3 is 15.4 Å². The minimum absolute atomic E-state index is 0.0134. The van der Waals surface area contributed by atoms with Gasteiger partial charge in [0.2, 0.25) is 0 Å². The van der Waals surface area contributed by atoms with Crippen LogP contribution in [0.2, 0.25) is 0 Å². The highest BCUT2D eigenvalue weighted by Gasteiger charge is 2.12. The van der Waals surface area contributed by atoms with Gasteiger partial charge in [-0.3, -0.25) is 14.9 Å². The van der Waals surface area contributed by atoms with Crippen molar-refractivity contribution in [2.75, 3.05) is 25.0 Å². The molecule has 0 radical (unpaired) electrons. The van der Waals surface area contributed by atoms with E-state index in [9.17, 15) is 19.7 Å². The predicted molar refractivity (Wildman–Crippen MR) is 101 cm³/mol. The van der Waals surface area contributed by atoms with E-state index < -0.39 is 16.8 Å². The maximum atomic E-state index is 12.1. The van der Waals surface area contributed by atoms with Crippen LogP contribution in [0.3, 0.4) is 0 Å². The van der Waals surface area contributed by atoms with E-state index in [1.165, 1.54) is 12.1 Å². The number of carbonyl (C=O) groups is 2. The number of esters is 1. The van der Waals surface area contributed by atoms with Crippen LogP contribution < -0.4 is 10.6 Å². The second-order valence-corrected chi connectivity index (χ2v) is 5.98. The van der Waals surface area contributed by atoms with E-state index in [-0.39, 0.29) is 12.3 Å². The summed E-state index contributed by atoms with van der Waals surface area (Å²) in [7, 11) is 0. The third-order valence-electron chi connectivity index (χ3n) is 3.80. The topological polar surface area (TPSA) is 111 Å². The minimum Gasteiger partial charge on any atom is -0.452 e. The SMILES string of the molecule is Cc1ccc(C)c(C(=O)OCC(=O)NCCNc2ccc([N+](=O)[O-])cc2)c1. The van der Waals surface area contributed by atoms with Crippen molar-refractivity contribution < 1.29 is 19.2 Å². The number of benzene rings is 2. The molecule has 0 aliphatic rings. The van der Waals surface area contributed by atoms with Crippen molar-refractivity contribution >= 4 is 23.3 Å². The van der Waals surface area contributed by atoms with Gasteiger partial charge in [0.1, 0.15) is 0 Å². The first-order valence-corrected chi connectivity index (χ1v) is 8.36. The fourth-order valence-corrected chi connectivity index (χ4v) is 2.33. The van der Waals surface area contributed by atoms with E-state index in [0.717, 1.165) is 11.1 Å². The summed E-state index contributed by atoms with van der Waals surface area (Å²) in [5.41, 5.74) is 2.89. The van der Waals surface area contributed by atoms with Gasteiger partial charge in [-0.15, -0.1) is 0 Å². The number of carbonyl (C=O) groups excluding carboxylic acids is 2. The van der Waals surface area contributed by atoms with Gasteiger partial charge in [0.05, 0.1) is 10.5 Å². The maximum absolute atomic E-state index is 12.1. The second kappa shape index (κ2) is 9.33. The van der Waals surface area contributed by atoms with Crippen molar-refractivity contribution in [2.24, 2.45) is 0 Å². The largest absolute Gasteiger partial charge is 0.452 e. The molecular formula is C19H21N3O5. The number of hydrogen-bond donors (Lipinski definition) is 2. The Morgan fingerprint density at radius 2 is 1.78 bits per heavy atom. The van der Waals surface area contributed by atoms with Crippen molar-refractivity contribution in [3.8, 4) is 0 Å². The van der Waals surface area contributed by atoms with Gasteiger partial charge in [-0.05, 0) is 37.6 Å². The number of nitrogens with one attached hydrogen (secondary N) is 2. The lowest BCUT2D eigenvalue weighted by Crippen LogP contribution is -2.32. The van der Waals surface area contributed by atoms with Crippen LogP contribution in [0.25, 0.3) is 0 Å². The van der Waals surface area contributed by atoms with Crippen molar-refractivity contribution in [3.63, 3.8) is 0 Å². The molecule has 0 aliphatic carbocycles. The molecule has 0 heterocycles. The van der Waals surface area contributed by atoms with E-state index in [1.807, 2.05) is 19.1 Å². The number of anilines is 1. The van der Waals surface area contributed by atoms with Crippen LogP contribution in [0.4, 0.5) is 11.4 Å². The smallest absolute Gasteiger partial charge is 0.338 e. The average Bonchev–Trinajstić information content (AvgIpc) is 2.65. The maximum Gasteiger partial charge on any atom is 0.338 e. The van der Waals surface area contributed by atoms with Crippen LogP contribution in [-0.2, 0) is 9.53 Å². The standard InChI is InChI=1S/C19H21N3O5/c1-13-3-4-14(2)17(11-13)19(24)27-12-18(23)21-10-9-20-15-5-7-16(8-6-15)22(25)26/h3-8,11,20H,9-10,12H2,1-2H3,(H,21,23). The first kappa shape index (κ1) is 19.9. The highest BCUT2D eigenvalue weighted by atomic mass is 16.6. The molecule has 0 bridgehead atoms. The number of non-ortho nitro benzene ring substituents is 1. The van der Waals surface area contributed by atoms with E-state index in [4.69, 9.17) is 4.74 Å². The van der Waals surface area contributed by atoms with Gasteiger partial charge >= 0.3 is 5.97 Å². The van der Waals surface area contributed by atoms with Gasteiger partial charge in [0.15, 0.2) is 6.61 Å². The summed E-state index contributed by atoms with van der Waals surface area (Å²) in [6, 6.07) is 11.4. The van der Waals surface area contributed by atoms with Gasteiger partial charge in [-0.25, -0.2) is 4.79 Å². The summed E-state index contributed by atoms with van der Waals surface area (Å²) in [4.78, 5) is 33.9. The number of nitro benzene ring substituents is 1.